The van der Waals surface area contributed by atoms with Crippen molar-refractivity contribution in [1.29, 1.82) is 0 Å². The quantitative estimate of drug-likeness (QED) is 0.416. The minimum atomic E-state index is -0.588. The minimum absolute atomic E-state index is 0.152. The zero-order valence-corrected chi connectivity index (χ0v) is 19.5. The van der Waals surface area contributed by atoms with Crippen molar-refractivity contribution in [3.8, 4) is 0 Å². The highest BCUT2D eigenvalue weighted by molar-refractivity contribution is 5.98. The van der Waals surface area contributed by atoms with Crippen LogP contribution in [0.1, 0.15) is 42.1 Å². The lowest BCUT2D eigenvalue weighted by Crippen LogP contribution is -2.41. The summed E-state index contributed by atoms with van der Waals surface area (Å²) in [5.74, 6) is 0.578. The summed E-state index contributed by atoms with van der Waals surface area (Å²) < 4.78 is 2.24. The maximum atomic E-state index is 12.6. The van der Waals surface area contributed by atoms with Crippen LogP contribution in [0.3, 0.4) is 0 Å². The number of aliphatic hydroxyl groups is 1. The molecule has 1 atom stereocenters. The minimum Gasteiger partial charge on any atom is -0.390 e. The number of aromatic nitrogens is 1. The molecule has 1 saturated heterocycles. The van der Waals surface area contributed by atoms with Gasteiger partial charge in [0.1, 0.15) is 0 Å². The van der Waals surface area contributed by atoms with E-state index in [1.165, 1.54) is 18.4 Å². The molecule has 1 aromatic heterocycles. The van der Waals surface area contributed by atoms with E-state index in [4.69, 9.17) is 0 Å². The Labute approximate surface area is 196 Å². The van der Waals surface area contributed by atoms with E-state index < -0.39 is 6.10 Å². The highest BCUT2D eigenvalue weighted by atomic mass is 16.3. The maximum absolute atomic E-state index is 12.6. The SMILES string of the molecule is CCCNCC(O)CNC(=O)c1ccc2c(ccn2N2CCC(Cc3ccccc3)CC2)c1. The summed E-state index contributed by atoms with van der Waals surface area (Å²) in [5, 5.41) is 19.5. The van der Waals surface area contributed by atoms with E-state index >= 15 is 0 Å². The molecule has 6 heteroatoms. The molecule has 0 spiro atoms. The largest absolute Gasteiger partial charge is 0.390 e. The van der Waals surface area contributed by atoms with Crippen LogP contribution in [0.5, 0.6) is 0 Å². The number of nitrogens with one attached hydrogen (secondary N) is 2. The number of amides is 1. The van der Waals surface area contributed by atoms with Crippen molar-refractivity contribution in [2.75, 3.05) is 37.7 Å². The van der Waals surface area contributed by atoms with E-state index in [9.17, 15) is 9.90 Å². The summed E-state index contributed by atoms with van der Waals surface area (Å²) in [6.07, 6.45) is 6.06. The maximum Gasteiger partial charge on any atom is 0.251 e. The lowest BCUT2D eigenvalue weighted by molar-refractivity contribution is 0.0915. The molecule has 176 valence electrons. The molecule has 6 nitrogen and oxygen atoms in total. The van der Waals surface area contributed by atoms with Crippen molar-refractivity contribution < 1.29 is 9.90 Å². The van der Waals surface area contributed by atoms with Crippen LogP contribution >= 0.6 is 0 Å². The molecule has 1 amide bonds. The van der Waals surface area contributed by atoms with Crippen LogP contribution in [0.4, 0.5) is 0 Å². The van der Waals surface area contributed by atoms with Gasteiger partial charge in [0.15, 0.2) is 0 Å². The molecule has 1 aliphatic rings. The Bertz CT molecular complexity index is 1030. The van der Waals surface area contributed by atoms with Gasteiger partial charge < -0.3 is 20.7 Å². The molecule has 0 radical (unpaired) electrons. The van der Waals surface area contributed by atoms with Gasteiger partial charge in [-0.2, -0.15) is 0 Å². The highest BCUT2D eigenvalue weighted by Gasteiger charge is 2.21. The van der Waals surface area contributed by atoms with E-state index in [0.29, 0.717) is 12.1 Å². The Morgan fingerprint density at radius 2 is 1.88 bits per heavy atom. The summed E-state index contributed by atoms with van der Waals surface area (Å²) in [5.41, 5.74) is 3.17. The lowest BCUT2D eigenvalue weighted by atomic mass is 9.91. The standard InChI is InChI=1S/C27H36N4O2/c1-2-13-28-19-25(32)20-29-27(33)24-8-9-26-23(18-24)12-16-31(26)30-14-10-22(11-15-30)17-21-6-4-3-5-7-21/h3-9,12,16,18,22,25,28,32H,2,10-11,13-15,17,19-20H2,1H3,(H,29,33). The number of rotatable bonds is 10. The second-order valence-corrected chi connectivity index (χ2v) is 9.09. The second kappa shape index (κ2) is 11.3. The summed E-state index contributed by atoms with van der Waals surface area (Å²) in [4.78, 5) is 12.6. The van der Waals surface area contributed by atoms with Gasteiger partial charge in [-0.15, -0.1) is 0 Å². The van der Waals surface area contributed by atoms with Gasteiger partial charge in [-0.05, 0) is 68.0 Å². The van der Waals surface area contributed by atoms with E-state index in [1.54, 1.807) is 0 Å². The van der Waals surface area contributed by atoms with Gasteiger partial charge in [-0.3, -0.25) is 9.47 Å². The number of carbonyl (C=O) groups excluding carboxylic acids is 1. The fourth-order valence-electron chi connectivity index (χ4n) is 4.63. The van der Waals surface area contributed by atoms with Crippen LogP contribution in [0.2, 0.25) is 0 Å². The van der Waals surface area contributed by atoms with Crippen LogP contribution in [-0.4, -0.2) is 54.5 Å². The number of carbonyl (C=O) groups is 1. The van der Waals surface area contributed by atoms with Crippen LogP contribution in [0.15, 0.2) is 60.8 Å². The van der Waals surface area contributed by atoms with Crippen LogP contribution in [0.25, 0.3) is 10.9 Å². The molecule has 0 aliphatic carbocycles. The van der Waals surface area contributed by atoms with Crippen molar-refractivity contribution in [2.45, 2.75) is 38.7 Å². The van der Waals surface area contributed by atoms with Crippen LogP contribution < -0.4 is 15.6 Å². The Balaban J connectivity index is 1.32. The summed E-state index contributed by atoms with van der Waals surface area (Å²) >= 11 is 0. The zero-order valence-electron chi connectivity index (χ0n) is 19.5. The van der Waals surface area contributed by atoms with Gasteiger partial charge >= 0.3 is 0 Å². The predicted molar refractivity (Wildman–Crippen MR) is 134 cm³/mol. The normalized spacial score (nSPS) is 15.6. The third kappa shape index (κ3) is 6.15. The monoisotopic (exact) mass is 448 g/mol. The molecule has 3 N–H and O–H groups in total. The van der Waals surface area contributed by atoms with Gasteiger partial charge in [-0.1, -0.05) is 37.3 Å². The molecular weight excluding hydrogens is 412 g/mol. The van der Waals surface area contributed by atoms with E-state index in [1.807, 2.05) is 18.2 Å². The zero-order chi connectivity index (χ0) is 23.0. The first kappa shape index (κ1) is 23.3. The average Bonchev–Trinajstić information content (AvgIpc) is 3.27. The molecule has 4 rings (SSSR count). The summed E-state index contributed by atoms with van der Waals surface area (Å²) in [6.45, 7) is 5.74. The van der Waals surface area contributed by atoms with E-state index in [0.717, 1.165) is 49.3 Å². The van der Waals surface area contributed by atoms with Gasteiger partial charge in [-0.25, -0.2) is 0 Å². The molecule has 0 saturated carbocycles. The second-order valence-electron chi connectivity index (χ2n) is 9.09. The molecule has 0 bridgehead atoms. The van der Waals surface area contributed by atoms with Gasteiger partial charge in [0.2, 0.25) is 0 Å². The Morgan fingerprint density at radius 3 is 2.64 bits per heavy atom. The Hall–Kier alpha value is -2.83. The number of aliphatic hydroxyl groups excluding tert-OH is 1. The number of nitrogens with zero attached hydrogens (tertiary/aromatic N) is 2. The number of hydrogen-bond acceptors (Lipinski definition) is 4. The fraction of sp³-hybridized carbons (Fsp3) is 0.444. The topological polar surface area (TPSA) is 69.5 Å². The molecule has 3 aromatic rings. The van der Waals surface area contributed by atoms with E-state index in [2.05, 4.69) is 69.8 Å². The van der Waals surface area contributed by atoms with Crippen molar-refractivity contribution in [3.63, 3.8) is 0 Å². The van der Waals surface area contributed by atoms with Gasteiger partial charge in [0.25, 0.3) is 5.91 Å². The molecule has 1 aliphatic heterocycles. The first-order valence-corrected chi connectivity index (χ1v) is 12.2. The predicted octanol–water partition coefficient (Wildman–Crippen LogP) is 3.32. The van der Waals surface area contributed by atoms with Crippen molar-refractivity contribution in [3.05, 3.63) is 71.9 Å². The average molecular weight is 449 g/mol. The molecule has 2 aromatic carbocycles. The number of hydrogen-bond donors (Lipinski definition) is 3. The molecule has 1 unspecified atom stereocenters. The smallest absolute Gasteiger partial charge is 0.251 e. The van der Waals surface area contributed by atoms with Gasteiger partial charge in [0.05, 0.1) is 11.6 Å². The third-order valence-electron chi connectivity index (χ3n) is 6.50. The van der Waals surface area contributed by atoms with Crippen molar-refractivity contribution in [2.24, 2.45) is 5.92 Å². The third-order valence-corrected chi connectivity index (χ3v) is 6.50. The molecule has 33 heavy (non-hydrogen) atoms. The fourth-order valence-corrected chi connectivity index (χ4v) is 4.63. The van der Waals surface area contributed by atoms with Crippen molar-refractivity contribution in [1.82, 2.24) is 15.3 Å². The number of fused-ring (bicyclic) bond motifs is 1. The number of piperidine rings is 1. The summed E-state index contributed by atoms with van der Waals surface area (Å²) in [6, 6.07) is 18.7. The highest BCUT2D eigenvalue weighted by Crippen LogP contribution is 2.24. The Kier molecular flexibility index (Phi) is 8.02. The van der Waals surface area contributed by atoms with Gasteiger partial charge in [0, 0.05) is 43.3 Å². The molecule has 1 fully saturated rings. The van der Waals surface area contributed by atoms with Crippen molar-refractivity contribution >= 4 is 16.8 Å². The Morgan fingerprint density at radius 1 is 1.09 bits per heavy atom. The van der Waals surface area contributed by atoms with E-state index in [-0.39, 0.29) is 12.5 Å². The first-order chi connectivity index (χ1) is 16.1. The summed E-state index contributed by atoms with van der Waals surface area (Å²) in [7, 11) is 0. The first-order valence-electron chi connectivity index (χ1n) is 12.2. The number of benzene rings is 2. The molecule has 2 heterocycles. The molecular formula is C27H36N4O2. The lowest BCUT2D eigenvalue weighted by Gasteiger charge is -2.34. The van der Waals surface area contributed by atoms with Crippen LogP contribution in [-0.2, 0) is 6.42 Å². The van der Waals surface area contributed by atoms with Crippen LogP contribution in [0, 0.1) is 5.92 Å².